The van der Waals surface area contributed by atoms with Gasteiger partial charge in [-0.15, -0.1) is 0 Å². The number of rotatable bonds is 6. The molecule has 5 heteroatoms. The largest absolute Gasteiger partial charge is 0.337 e. The Morgan fingerprint density at radius 3 is 2.79 bits per heavy atom. The van der Waals surface area contributed by atoms with Crippen LogP contribution in [0.5, 0.6) is 0 Å². The van der Waals surface area contributed by atoms with E-state index in [-0.39, 0.29) is 5.91 Å². The molecule has 4 rings (SSSR count). The molecule has 1 aromatic heterocycles. The molecule has 3 aromatic rings. The lowest BCUT2D eigenvalue weighted by atomic mass is 9.97. The van der Waals surface area contributed by atoms with Crippen LogP contribution in [0.4, 0.5) is 0 Å². The normalized spacial score (nSPS) is 17.7. The molecule has 0 saturated carbocycles. The van der Waals surface area contributed by atoms with Gasteiger partial charge >= 0.3 is 0 Å². The van der Waals surface area contributed by atoms with Crippen molar-refractivity contribution in [2.45, 2.75) is 19.3 Å². The maximum atomic E-state index is 13.4. The molecule has 5 nitrogen and oxygen atoms in total. The molecule has 0 spiro atoms. The topological polar surface area (TPSA) is 52.2 Å². The van der Waals surface area contributed by atoms with Gasteiger partial charge in [-0.3, -0.25) is 9.89 Å². The minimum atomic E-state index is 0.0293. The SMILES string of the molecule is CN1CCC[C@@H](CN(CCc2ccccc2)C(=O)c2n[nH]c3ccccc23)C1. The molecule has 1 amide bonds. The number of hydrogen-bond acceptors (Lipinski definition) is 3. The Hall–Kier alpha value is -2.66. The molecule has 146 valence electrons. The van der Waals surface area contributed by atoms with Crippen molar-refractivity contribution >= 4 is 16.8 Å². The average molecular weight is 377 g/mol. The number of benzene rings is 2. The molecule has 1 N–H and O–H groups in total. The second-order valence-electron chi connectivity index (χ2n) is 7.88. The van der Waals surface area contributed by atoms with Crippen molar-refractivity contribution in [2.75, 3.05) is 33.2 Å². The quantitative estimate of drug-likeness (QED) is 0.715. The minimum Gasteiger partial charge on any atom is -0.337 e. The van der Waals surface area contributed by atoms with Gasteiger partial charge in [0.05, 0.1) is 5.52 Å². The number of carbonyl (C=O) groups excluding carboxylic acids is 1. The smallest absolute Gasteiger partial charge is 0.275 e. The lowest BCUT2D eigenvalue weighted by Crippen LogP contribution is -2.42. The first kappa shape index (κ1) is 18.7. The van der Waals surface area contributed by atoms with Crippen LogP contribution in [-0.4, -0.2) is 59.1 Å². The third-order valence-corrected chi connectivity index (χ3v) is 5.67. The first-order valence-electron chi connectivity index (χ1n) is 10.2. The van der Waals surface area contributed by atoms with Gasteiger partial charge in [-0.2, -0.15) is 5.10 Å². The van der Waals surface area contributed by atoms with E-state index in [9.17, 15) is 4.79 Å². The molecule has 0 radical (unpaired) electrons. The van der Waals surface area contributed by atoms with Crippen LogP contribution in [0.1, 0.15) is 28.9 Å². The molecule has 0 unspecified atom stereocenters. The Labute approximate surface area is 166 Å². The first-order chi connectivity index (χ1) is 13.7. The zero-order valence-electron chi connectivity index (χ0n) is 16.5. The lowest BCUT2D eigenvalue weighted by molar-refractivity contribution is 0.0689. The van der Waals surface area contributed by atoms with E-state index in [4.69, 9.17) is 0 Å². The molecule has 1 atom stereocenters. The van der Waals surface area contributed by atoms with E-state index in [2.05, 4.69) is 46.4 Å². The predicted molar refractivity (Wildman–Crippen MR) is 112 cm³/mol. The number of carbonyl (C=O) groups is 1. The van der Waals surface area contributed by atoms with E-state index in [1.165, 1.54) is 18.4 Å². The Balaban J connectivity index is 1.55. The third-order valence-electron chi connectivity index (χ3n) is 5.67. The van der Waals surface area contributed by atoms with Gasteiger partial charge in [0.15, 0.2) is 5.69 Å². The predicted octanol–water partition coefficient (Wildman–Crippen LogP) is 3.59. The summed E-state index contributed by atoms with van der Waals surface area (Å²) >= 11 is 0. The fourth-order valence-electron chi connectivity index (χ4n) is 4.19. The molecule has 1 aliphatic heterocycles. The van der Waals surface area contributed by atoms with Gasteiger partial charge in [-0.05, 0) is 50.4 Å². The monoisotopic (exact) mass is 376 g/mol. The number of aromatic nitrogens is 2. The number of piperidine rings is 1. The summed E-state index contributed by atoms with van der Waals surface area (Å²) in [5.41, 5.74) is 2.70. The lowest BCUT2D eigenvalue weighted by Gasteiger charge is -2.33. The maximum absolute atomic E-state index is 13.4. The zero-order valence-corrected chi connectivity index (χ0v) is 16.5. The molecule has 1 aliphatic rings. The minimum absolute atomic E-state index is 0.0293. The molecule has 2 heterocycles. The van der Waals surface area contributed by atoms with Crippen LogP contribution in [0.25, 0.3) is 10.9 Å². The third kappa shape index (κ3) is 4.25. The number of amides is 1. The average Bonchev–Trinajstić information content (AvgIpc) is 3.15. The van der Waals surface area contributed by atoms with Crippen LogP contribution < -0.4 is 0 Å². The molecule has 28 heavy (non-hydrogen) atoms. The summed E-state index contributed by atoms with van der Waals surface area (Å²) in [6.45, 7) is 3.70. The highest BCUT2D eigenvalue weighted by molar-refractivity contribution is 6.04. The van der Waals surface area contributed by atoms with Crippen LogP contribution in [0.15, 0.2) is 54.6 Å². The Morgan fingerprint density at radius 2 is 1.96 bits per heavy atom. The molecular weight excluding hydrogens is 348 g/mol. The molecule has 0 bridgehead atoms. The van der Waals surface area contributed by atoms with Gasteiger partial charge in [0.25, 0.3) is 5.91 Å². The van der Waals surface area contributed by atoms with Gasteiger partial charge in [-0.25, -0.2) is 0 Å². The summed E-state index contributed by atoms with van der Waals surface area (Å²) in [4.78, 5) is 17.8. The van der Waals surface area contributed by atoms with Crippen LogP contribution in [0.3, 0.4) is 0 Å². The zero-order chi connectivity index (χ0) is 19.3. The van der Waals surface area contributed by atoms with Crippen molar-refractivity contribution in [2.24, 2.45) is 5.92 Å². The Bertz CT molecular complexity index is 921. The van der Waals surface area contributed by atoms with Crippen molar-refractivity contribution in [1.29, 1.82) is 0 Å². The number of hydrogen-bond donors (Lipinski definition) is 1. The maximum Gasteiger partial charge on any atom is 0.275 e. The highest BCUT2D eigenvalue weighted by atomic mass is 16.2. The number of nitrogens with zero attached hydrogens (tertiary/aromatic N) is 3. The van der Waals surface area contributed by atoms with E-state index >= 15 is 0 Å². The van der Waals surface area contributed by atoms with E-state index < -0.39 is 0 Å². The number of para-hydroxylation sites is 1. The van der Waals surface area contributed by atoms with E-state index in [1.54, 1.807) is 0 Å². The number of nitrogens with one attached hydrogen (secondary N) is 1. The standard InChI is InChI=1S/C23H28N4O/c1-26-14-7-10-19(16-26)17-27(15-13-18-8-3-2-4-9-18)23(28)22-20-11-5-6-12-21(20)24-25-22/h2-6,8-9,11-12,19H,7,10,13-17H2,1H3,(H,24,25)/t19-/m1/s1. The number of likely N-dealkylation sites (tertiary alicyclic amines) is 1. The second-order valence-corrected chi connectivity index (χ2v) is 7.88. The van der Waals surface area contributed by atoms with E-state index in [0.29, 0.717) is 18.2 Å². The van der Waals surface area contributed by atoms with Gasteiger partial charge < -0.3 is 9.80 Å². The summed E-state index contributed by atoms with van der Waals surface area (Å²) < 4.78 is 0. The Morgan fingerprint density at radius 1 is 1.18 bits per heavy atom. The Kier molecular flexibility index (Phi) is 5.72. The van der Waals surface area contributed by atoms with Crippen molar-refractivity contribution < 1.29 is 4.79 Å². The van der Waals surface area contributed by atoms with Gasteiger partial charge in [-0.1, -0.05) is 48.5 Å². The summed E-state index contributed by atoms with van der Waals surface area (Å²) in [6.07, 6.45) is 3.24. The van der Waals surface area contributed by atoms with Gasteiger partial charge in [0.2, 0.25) is 0 Å². The summed E-state index contributed by atoms with van der Waals surface area (Å²) in [5, 5.41) is 8.26. The van der Waals surface area contributed by atoms with Crippen LogP contribution in [0.2, 0.25) is 0 Å². The number of fused-ring (bicyclic) bond motifs is 1. The van der Waals surface area contributed by atoms with Crippen molar-refractivity contribution in [1.82, 2.24) is 20.0 Å². The highest BCUT2D eigenvalue weighted by Crippen LogP contribution is 2.21. The number of aromatic amines is 1. The van der Waals surface area contributed by atoms with Crippen LogP contribution >= 0.6 is 0 Å². The second kappa shape index (κ2) is 8.57. The summed E-state index contributed by atoms with van der Waals surface area (Å²) in [7, 11) is 2.17. The molecule has 1 fully saturated rings. The molecule has 1 saturated heterocycles. The van der Waals surface area contributed by atoms with E-state index in [0.717, 1.165) is 37.0 Å². The highest BCUT2D eigenvalue weighted by Gasteiger charge is 2.26. The molecule has 2 aromatic carbocycles. The van der Waals surface area contributed by atoms with Crippen LogP contribution in [0, 0.1) is 5.92 Å². The summed E-state index contributed by atoms with van der Waals surface area (Å²) in [5.74, 6) is 0.547. The van der Waals surface area contributed by atoms with Crippen molar-refractivity contribution in [3.8, 4) is 0 Å². The molecular formula is C23H28N4O. The molecule has 0 aliphatic carbocycles. The fraction of sp³-hybridized carbons (Fsp3) is 0.391. The van der Waals surface area contributed by atoms with Gasteiger partial charge in [0.1, 0.15) is 0 Å². The number of H-pyrrole nitrogens is 1. The van der Waals surface area contributed by atoms with Crippen LogP contribution in [-0.2, 0) is 6.42 Å². The van der Waals surface area contributed by atoms with Gasteiger partial charge in [0, 0.05) is 25.0 Å². The fourth-order valence-corrected chi connectivity index (χ4v) is 4.19. The first-order valence-corrected chi connectivity index (χ1v) is 10.2. The summed E-state index contributed by atoms with van der Waals surface area (Å²) in [6, 6.07) is 18.2. The van der Waals surface area contributed by atoms with Crippen molar-refractivity contribution in [3.63, 3.8) is 0 Å². The van der Waals surface area contributed by atoms with E-state index in [1.807, 2.05) is 35.2 Å². The van der Waals surface area contributed by atoms with Crippen molar-refractivity contribution in [3.05, 3.63) is 65.9 Å².